The number of nitrogens with one attached hydrogen (secondary N) is 1. The number of carbonyl (C=O) groups excluding carboxylic acids is 1. The van der Waals surface area contributed by atoms with Crippen LogP contribution in [0, 0.1) is 0 Å². The third-order valence-electron chi connectivity index (χ3n) is 2.20. The van der Waals surface area contributed by atoms with E-state index in [4.69, 9.17) is 5.11 Å². The molecule has 5 nitrogen and oxygen atoms in total. The Morgan fingerprint density at radius 1 is 1.35 bits per heavy atom. The van der Waals surface area contributed by atoms with Gasteiger partial charge in [0.2, 0.25) is 5.91 Å². The molecule has 0 saturated carbocycles. The minimum absolute atomic E-state index is 0.239. The number of rotatable bonds is 4. The smallest absolute Gasteiger partial charge is 0.248 e. The van der Waals surface area contributed by atoms with E-state index in [0.29, 0.717) is 0 Å². The van der Waals surface area contributed by atoms with Crippen molar-refractivity contribution in [2.45, 2.75) is 24.5 Å². The van der Waals surface area contributed by atoms with Crippen LogP contribution in [0.1, 0.15) is 12.5 Å². The van der Waals surface area contributed by atoms with Crippen LogP contribution in [0.3, 0.4) is 0 Å². The van der Waals surface area contributed by atoms with Gasteiger partial charge >= 0.3 is 0 Å². The van der Waals surface area contributed by atoms with Crippen LogP contribution in [0.4, 0.5) is 0 Å². The van der Waals surface area contributed by atoms with E-state index in [0.717, 1.165) is 11.8 Å². The Bertz CT molecular complexity index is 491. The predicted molar refractivity (Wildman–Crippen MR) is 63.1 cm³/mol. The van der Waals surface area contributed by atoms with Gasteiger partial charge in [-0.15, -0.1) is 0 Å². The highest BCUT2D eigenvalue weighted by Crippen LogP contribution is 2.10. The molecule has 0 radical (unpaired) electrons. The van der Waals surface area contributed by atoms with Crippen molar-refractivity contribution >= 4 is 15.7 Å². The maximum absolute atomic E-state index is 11.2. The highest BCUT2D eigenvalue weighted by atomic mass is 32.2. The highest BCUT2D eigenvalue weighted by molar-refractivity contribution is 7.90. The molecule has 0 aliphatic carbocycles. The third-order valence-corrected chi connectivity index (χ3v) is 3.33. The van der Waals surface area contributed by atoms with E-state index < -0.39 is 21.8 Å². The van der Waals surface area contributed by atoms with Crippen molar-refractivity contribution in [1.29, 1.82) is 0 Å². The number of aliphatic hydroxyl groups excluding tert-OH is 1. The Hall–Kier alpha value is -1.40. The number of carbonyl (C=O) groups is 1. The van der Waals surface area contributed by atoms with E-state index in [9.17, 15) is 13.2 Å². The lowest BCUT2D eigenvalue weighted by atomic mass is 10.2. The molecule has 1 aromatic carbocycles. The molecule has 1 aromatic rings. The summed E-state index contributed by atoms with van der Waals surface area (Å²) in [6.07, 6.45) is 0.0855. The zero-order valence-electron chi connectivity index (χ0n) is 9.67. The molecule has 0 aliphatic heterocycles. The molecule has 0 heterocycles. The Morgan fingerprint density at radius 2 is 1.88 bits per heavy atom. The molecular weight excluding hydrogens is 242 g/mol. The van der Waals surface area contributed by atoms with Crippen LogP contribution < -0.4 is 5.32 Å². The molecule has 1 amide bonds. The van der Waals surface area contributed by atoms with E-state index in [1.165, 1.54) is 19.1 Å². The van der Waals surface area contributed by atoms with Crippen LogP contribution in [0.15, 0.2) is 29.2 Å². The second-order valence-corrected chi connectivity index (χ2v) is 5.83. The van der Waals surface area contributed by atoms with Crippen LogP contribution in [-0.2, 0) is 21.2 Å². The van der Waals surface area contributed by atoms with E-state index in [1.807, 2.05) is 0 Å². The molecule has 1 atom stereocenters. The van der Waals surface area contributed by atoms with Crippen LogP contribution >= 0.6 is 0 Å². The SMILES string of the molecule is CC(O)C(=O)NCc1ccc(S(C)(=O)=O)cc1. The van der Waals surface area contributed by atoms with Gasteiger partial charge in [-0.2, -0.15) is 0 Å². The van der Waals surface area contributed by atoms with Gasteiger partial charge in [0, 0.05) is 12.8 Å². The molecule has 0 aliphatic rings. The van der Waals surface area contributed by atoms with Crippen LogP contribution in [-0.4, -0.2) is 31.8 Å². The standard InChI is InChI=1S/C11H15NO4S/c1-8(13)11(14)12-7-9-3-5-10(6-4-9)17(2,15)16/h3-6,8,13H,7H2,1-2H3,(H,12,14). The van der Waals surface area contributed by atoms with Gasteiger partial charge in [0.1, 0.15) is 6.10 Å². The second kappa shape index (κ2) is 5.29. The van der Waals surface area contributed by atoms with Gasteiger partial charge in [0.15, 0.2) is 9.84 Å². The first-order chi connectivity index (χ1) is 7.80. The summed E-state index contributed by atoms with van der Waals surface area (Å²) in [6.45, 7) is 1.63. The van der Waals surface area contributed by atoms with Gasteiger partial charge < -0.3 is 10.4 Å². The maximum atomic E-state index is 11.2. The average molecular weight is 257 g/mol. The molecule has 6 heteroatoms. The van der Waals surface area contributed by atoms with Gasteiger partial charge in [-0.1, -0.05) is 12.1 Å². The summed E-state index contributed by atoms with van der Waals surface area (Å²) in [6, 6.07) is 6.22. The summed E-state index contributed by atoms with van der Waals surface area (Å²) in [5, 5.41) is 11.5. The van der Waals surface area contributed by atoms with Crippen LogP contribution in [0.2, 0.25) is 0 Å². The zero-order valence-corrected chi connectivity index (χ0v) is 10.5. The summed E-state index contributed by atoms with van der Waals surface area (Å²) in [5.74, 6) is -0.461. The molecule has 0 saturated heterocycles. The quantitative estimate of drug-likeness (QED) is 0.800. The van der Waals surface area contributed by atoms with Crippen molar-refractivity contribution in [2.75, 3.05) is 6.26 Å². The number of benzene rings is 1. The van der Waals surface area contributed by atoms with Gasteiger partial charge in [-0.05, 0) is 24.6 Å². The summed E-state index contributed by atoms with van der Waals surface area (Å²) >= 11 is 0. The average Bonchev–Trinajstić information content (AvgIpc) is 2.25. The number of hydrogen-bond donors (Lipinski definition) is 2. The van der Waals surface area contributed by atoms with Crippen molar-refractivity contribution in [2.24, 2.45) is 0 Å². The second-order valence-electron chi connectivity index (χ2n) is 3.81. The lowest BCUT2D eigenvalue weighted by Gasteiger charge is -2.07. The molecule has 0 spiro atoms. The number of sulfone groups is 1. The normalized spacial score (nSPS) is 13.1. The van der Waals surface area contributed by atoms with E-state index in [1.54, 1.807) is 12.1 Å². The van der Waals surface area contributed by atoms with Crippen molar-refractivity contribution < 1.29 is 18.3 Å². The molecule has 2 N–H and O–H groups in total. The van der Waals surface area contributed by atoms with Crippen molar-refractivity contribution in [3.05, 3.63) is 29.8 Å². The number of amides is 1. The maximum Gasteiger partial charge on any atom is 0.248 e. The summed E-state index contributed by atoms with van der Waals surface area (Å²) in [4.78, 5) is 11.3. The minimum Gasteiger partial charge on any atom is -0.384 e. The fraction of sp³-hybridized carbons (Fsp3) is 0.364. The number of hydrogen-bond acceptors (Lipinski definition) is 4. The highest BCUT2D eigenvalue weighted by Gasteiger charge is 2.09. The molecule has 94 valence electrons. The monoisotopic (exact) mass is 257 g/mol. The van der Waals surface area contributed by atoms with Gasteiger partial charge in [-0.25, -0.2) is 8.42 Å². The van der Waals surface area contributed by atoms with Crippen LogP contribution in [0.5, 0.6) is 0 Å². The minimum atomic E-state index is -3.19. The molecule has 17 heavy (non-hydrogen) atoms. The largest absolute Gasteiger partial charge is 0.384 e. The fourth-order valence-corrected chi connectivity index (χ4v) is 1.82. The summed E-state index contributed by atoms with van der Waals surface area (Å²) in [5.41, 5.74) is 0.770. The third kappa shape index (κ3) is 4.16. The molecule has 0 aromatic heterocycles. The Morgan fingerprint density at radius 3 is 2.29 bits per heavy atom. The fourth-order valence-electron chi connectivity index (χ4n) is 1.19. The van der Waals surface area contributed by atoms with Crippen LogP contribution in [0.25, 0.3) is 0 Å². The Kier molecular flexibility index (Phi) is 4.25. The number of aliphatic hydroxyl groups is 1. The molecule has 1 unspecified atom stereocenters. The predicted octanol–water partition coefficient (Wildman–Crippen LogP) is 0.0871. The lowest BCUT2D eigenvalue weighted by molar-refractivity contribution is -0.128. The van der Waals surface area contributed by atoms with Crippen molar-refractivity contribution in [3.63, 3.8) is 0 Å². The van der Waals surface area contributed by atoms with E-state index in [2.05, 4.69) is 5.32 Å². The summed E-state index contributed by atoms with van der Waals surface area (Å²) < 4.78 is 22.4. The Balaban J connectivity index is 2.67. The molecule has 0 fully saturated rings. The zero-order chi connectivity index (χ0) is 13.1. The van der Waals surface area contributed by atoms with Gasteiger partial charge in [0.25, 0.3) is 0 Å². The molecule has 1 rings (SSSR count). The molecule has 0 bridgehead atoms. The van der Waals surface area contributed by atoms with Crippen molar-refractivity contribution in [3.8, 4) is 0 Å². The first-order valence-corrected chi connectivity index (χ1v) is 6.94. The first-order valence-electron chi connectivity index (χ1n) is 5.05. The summed E-state index contributed by atoms with van der Waals surface area (Å²) in [7, 11) is -3.19. The van der Waals surface area contributed by atoms with E-state index in [-0.39, 0.29) is 11.4 Å². The van der Waals surface area contributed by atoms with Crippen molar-refractivity contribution in [1.82, 2.24) is 5.32 Å². The van der Waals surface area contributed by atoms with E-state index >= 15 is 0 Å². The first kappa shape index (κ1) is 13.7. The Labute approximate surface area is 100 Å². The molecular formula is C11H15NO4S. The van der Waals surface area contributed by atoms with Gasteiger partial charge in [-0.3, -0.25) is 4.79 Å². The topological polar surface area (TPSA) is 83.5 Å². The van der Waals surface area contributed by atoms with Gasteiger partial charge in [0.05, 0.1) is 4.90 Å². The lowest BCUT2D eigenvalue weighted by Crippen LogP contribution is -2.31.